The number of Topliss-reactive ketones (excluding diaryl/α,β-unsaturated/α-hetero) is 2. The van der Waals surface area contributed by atoms with Gasteiger partial charge in [0.05, 0.1) is 19.5 Å². The Morgan fingerprint density at radius 1 is 0.750 bits per heavy atom. The van der Waals surface area contributed by atoms with Crippen molar-refractivity contribution < 1.29 is 28.3 Å². The fourth-order valence-electron chi connectivity index (χ4n) is 3.45. The molecule has 1 N–H and O–H groups in total. The Labute approximate surface area is 208 Å². The Balaban J connectivity index is 1.40. The zero-order valence-electron chi connectivity index (χ0n) is 19.5. The average molecular weight is 484 g/mol. The van der Waals surface area contributed by atoms with Crippen LogP contribution < -0.4 is 10.1 Å². The fourth-order valence-corrected chi connectivity index (χ4v) is 3.45. The summed E-state index contributed by atoms with van der Waals surface area (Å²) >= 11 is 0. The highest BCUT2D eigenvalue weighted by Crippen LogP contribution is 2.21. The normalized spacial score (nSPS) is 11.4. The molecule has 0 bridgehead atoms. The summed E-state index contributed by atoms with van der Waals surface area (Å²) in [5, 5.41) is 2.51. The Morgan fingerprint density at radius 2 is 1.42 bits per heavy atom. The van der Waals surface area contributed by atoms with Crippen LogP contribution in [0.25, 0.3) is 0 Å². The molecule has 7 heteroatoms. The molecule has 1 aromatic heterocycles. The molecule has 1 unspecified atom stereocenters. The quantitative estimate of drug-likeness (QED) is 0.230. The topological polar surface area (TPSA) is 94.8 Å². The monoisotopic (exact) mass is 483 g/mol. The number of nitrogens with one attached hydrogen (secondary N) is 1. The predicted octanol–water partition coefficient (Wildman–Crippen LogP) is 4.77. The molecule has 3 aromatic carbocycles. The van der Waals surface area contributed by atoms with Crippen molar-refractivity contribution in [1.82, 2.24) is 5.32 Å². The first-order valence-electron chi connectivity index (χ1n) is 11.4. The Kier molecular flexibility index (Phi) is 8.40. The minimum absolute atomic E-state index is 0.0419. The van der Waals surface area contributed by atoms with Crippen molar-refractivity contribution in [2.24, 2.45) is 0 Å². The van der Waals surface area contributed by atoms with Crippen LogP contribution >= 0.6 is 0 Å². The highest BCUT2D eigenvalue weighted by molar-refractivity contribution is 6.42. The first-order valence-corrected chi connectivity index (χ1v) is 11.4. The highest BCUT2D eigenvalue weighted by atomic mass is 16.5. The van der Waals surface area contributed by atoms with Crippen molar-refractivity contribution in [1.29, 1.82) is 0 Å². The van der Waals surface area contributed by atoms with Crippen molar-refractivity contribution in [3.63, 3.8) is 0 Å². The lowest BCUT2D eigenvalue weighted by Gasteiger charge is -2.18. The van der Waals surface area contributed by atoms with Crippen LogP contribution in [0, 0.1) is 0 Å². The van der Waals surface area contributed by atoms with Gasteiger partial charge in [-0.3, -0.25) is 14.4 Å². The van der Waals surface area contributed by atoms with Crippen LogP contribution in [-0.4, -0.2) is 30.1 Å². The third kappa shape index (κ3) is 7.01. The van der Waals surface area contributed by atoms with Gasteiger partial charge in [-0.25, -0.2) is 0 Å². The Bertz CT molecular complexity index is 1270. The van der Waals surface area contributed by atoms with E-state index < -0.39 is 17.7 Å². The molecule has 1 heterocycles. The molecule has 0 aliphatic carbocycles. The minimum atomic E-state index is -1.01. The van der Waals surface area contributed by atoms with Gasteiger partial charge in [0.15, 0.2) is 11.5 Å². The van der Waals surface area contributed by atoms with Crippen molar-refractivity contribution >= 4 is 17.5 Å². The first-order chi connectivity index (χ1) is 17.6. The molecule has 182 valence electrons. The number of hydrogen-bond acceptors (Lipinski definition) is 6. The summed E-state index contributed by atoms with van der Waals surface area (Å²) in [7, 11) is 0. The van der Waals surface area contributed by atoms with Crippen LogP contribution in [0.3, 0.4) is 0 Å². The summed E-state index contributed by atoms with van der Waals surface area (Å²) in [6, 6.07) is 27.8. The van der Waals surface area contributed by atoms with Crippen LogP contribution in [-0.2, 0) is 27.4 Å². The maximum absolute atomic E-state index is 13.1. The van der Waals surface area contributed by atoms with Gasteiger partial charge in [-0.15, -0.1) is 0 Å². The van der Waals surface area contributed by atoms with E-state index in [-0.39, 0.29) is 31.2 Å². The average Bonchev–Trinajstić information content (AvgIpc) is 3.45. The number of ether oxygens (including phenoxy) is 2. The molecular weight excluding hydrogens is 458 g/mol. The van der Waals surface area contributed by atoms with E-state index in [0.717, 1.165) is 11.1 Å². The number of amides is 1. The maximum atomic E-state index is 13.1. The van der Waals surface area contributed by atoms with Gasteiger partial charge < -0.3 is 19.2 Å². The molecule has 1 atom stereocenters. The van der Waals surface area contributed by atoms with Gasteiger partial charge in [0, 0.05) is 6.42 Å². The molecule has 0 fully saturated rings. The summed E-state index contributed by atoms with van der Waals surface area (Å²) in [4.78, 5) is 38.0. The molecule has 4 aromatic rings. The number of carbonyl (C=O) groups is 3. The van der Waals surface area contributed by atoms with E-state index in [4.69, 9.17) is 13.9 Å². The number of carbonyl (C=O) groups excluding carboxylic acids is 3. The van der Waals surface area contributed by atoms with Crippen molar-refractivity contribution in [2.45, 2.75) is 19.1 Å². The summed E-state index contributed by atoms with van der Waals surface area (Å²) in [5.74, 6) is -0.835. The molecule has 0 radical (unpaired) electrons. The largest absolute Gasteiger partial charge is 0.461 e. The van der Waals surface area contributed by atoms with Gasteiger partial charge in [-0.05, 0) is 47.5 Å². The molecule has 1 amide bonds. The van der Waals surface area contributed by atoms with E-state index in [1.54, 1.807) is 24.3 Å². The summed E-state index contributed by atoms with van der Waals surface area (Å²) in [6.45, 7) is 0.179. The van der Waals surface area contributed by atoms with Gasteiger partial charge in [-0.1, -0.05) is 60.7 Å². The number of hydrogen-bond donors (Lipinski definition) is 1. The molecule has 7 nitrogen and oxygen atoms in total. The number of rotatable bonds is 12. The smallest absolute Gasteiger partial charge is 0.296 e. The van der Waals surface area contributed by atoms with Crippen LogP contribution in [0.1, 0.15) is 21.7 Å². The van der Waals surface area contributed by atoms with Crippen LogP contribution in [0.2, 0.25) is 0 Å². The van der Waals surface area contributed by atoms with Gasteiger partial charge in [-0.2, -0.15) is 0 Å². The Morgan fingerprint density at radius 3 is 2.08 bits per heavy atom. The third-order valence-electron chi connectivity index (χ3n) is 5.32. The van der Waals surface area contributed by atoms with Crippen LogP contribution in [0.4, 0.5) is 0 Å². The molecule has 0 saturated heterocycles. The lowest BCUT2D eigenvalue weighted by Crippen LogP contribution is -2.47. The van der Waals surface area contributed by atoms with Gasteiger partial charge >= 0.3 is 0 Å². The van der Waals surface area contributed by atoms with E-state index in [1.165, 1.54) is 18.4 Å². The molecule has 0 aliphatic rings. The number of ketones is 2. The van der Waals surface area contributed by atoms with Crippen molar-refractivity contribution in [3.05, 3.63) is 120 Å². The molecule has 0 spiro atoms. The van der Waals surface area contributed by atoms with E-state index in [9.17, 15) is 14.4 Å². The summed E-state index contributed by atoms with van der Waals surface area (Å²) in [6.07, 6.45) is 1.34. The lowest BCUT2D eigenvalue weighted by molar-refractivity contribution is -0.127. The van der Waals surface area contributed by atoms with E-state index in [0.29, 0.717) is 11.5 Å². The molecule has 36 heavy (non-hydrogen) atoms. The van der Waals surface area contributed by atoms with Crippen LogP contribution in [0.5, 0.6) is 11.5 Å². The zero-order chi connectivity index (χ0) is 25.2. The van der Waals surface area contributed by atoms with E-state index >= 15 is 0 Å². The maximum Gasteiger partial charge on any atom is 0.296 e. The second kappa shape index (κ2) is 12.3. The lowest BCUT2D eigenvalue weighted by atomic mass is 10.0. The molecule has 0 aliphatic heterocycles. The second-order valence-electron chi connectivity index (χ2n) is 8.04. The molecule has 4 rings (SSSR count). The zero-order valence-corrected chi connectivity index (χ0v) is 19.5. The van der Waals surface area contributed by atoms with E-state index in [2.05, 4.69) is 5.32 Å². The first kappa shape index (κ1) is 24.6. The SMILES string of the molecule is O=C(NC(COCc1ccccc1)C(=O)Cc1ccc(Oc2ccccc2)cc1)C(=O)c1ccco1. The minimum Gasteiger partial charge on any atom is -0.461 e. The second-order valence-corrected chi connectivity index (χ2v) is 8.04. The highest BCUT2D eigenvalue weighted by Gasteiger charge is 2.26. The molecular formula is C29H25NO6. The van der Waals surface area contributed by atoms with Crippen LogP contribution in [0.15, 0.2) is 108 Å². The van der Waals surface area contributed by atoms with Gasteiger partial charge in [0.1, 0.15) is 17.5 Å². The summed E-state index contributed by atoms with van der Waals surface area (Å²) in [5.41, 5.74) is 1.66. The van der Waals surface area contributed by atoms with Gasteiger partial charge in [0.2, 0.25) is 0 Å². The predicted molar refractivity (Wildman–Crippen MR) is 133 cm³/mol. The third-order valence-corrected chi connectivity index (χ3v) is 5.32. The fraction of sp³-hybridized carbons (Fsp3) is 0.138. The summed E-state index contributed by atoms with van der Waals surface area (Å²) < 4.78 is 16.5. The molecule has 0 saturated carbocycles. The number of furan rings is 1. The van der Waals surface area contributed by atoms with E-state index in [1.807, 2.05) is 60.7 Å². The number of para-hydroxylation sites is 1. The standard InChI is InChI=1S/C29H25NO6/c31-26(18-21-13-15-24(16-14-21)36-23-10-5-2-6-11-23)25(20-34-19-22-8-3-1-4-9-22)30-29(33)28(32)27-12-7-17-35-27/h1-17,25H,18-20H2,(H,30,33). The Hall–Kier alpha value is -4.49. The van der Waals surface area contributed by atoms with Crippen molar-refractivity contribution in [3.8, 4) is 11.5 Å². The van der Waals surface area contributed by atoms with Crippen molar-refractivity contribution in [2.75, 3.05) is 6.61 Å². The van der Waals surface area contributed by atoms with Gasteiger partial charge in [0.25, 0.3) is 11.7 Å². The number of benzene rings is 3.